The maximum absolute atomic E-state index is 12.8. The van der Waals surface area contributed by atoms with Gasteiger partial charge >= 0.3 is 0 Å². The first-order chi connectivity index (χ1) is 11.7. The van der Waals surface area contributed by atoms with Crippen molar-refractivity contribution in [1.82, 2.24) is 9.88 Å². The zero-order valence-electron chi connectivity index (χ0n) is 13.6. The molecule has 0 unspecified atom stereocenters. The summed E-state index contributed by atoms with van der Waals surface area (Å²) in [6, 6.07) is 9.48. The van der Waals surface area contributed by atoms with Gasteiger partial charge in [0.25, 0.3) is 5.91 Å². The summed E-state index contributed by atoms with van der Waals surface area (Å²) in [5.74, 6) is 0.0425. The Hall–Kier alpha value is -1.98. The van der Waals surface area contributed by atoms with Crippen LogP contribution in [0.5, 0.6) is 0 Å². The van der Waals surface area contributed by atoms with Gasteiger partial charge in [-0.15, -0.1) is 0 Å². The van der Waals surface area contributed by atoms with Crippen LogP contribution >= 0.6 is 0 Å². The van der Waals surface area contributed by atoms with Gasteiger partial charge in [-0.3, -0.25) is 9.78 Å². The standard InChI is InChI=1S/C19H22N2O3/c22-17-4-2-12-24-19(17)7-10-21(11-8-19)18(23)15-5-6-16-14(13-15)3-1-9-20-16/h1,3,5-6,9,13,17,22H,2,4,7-8,10-12H2/t17-/m0/s1. The monoisotopic (exact) mass is 326 g/mol. The number of aliphatic hydroxyl groups is 1. The number of carbonyl (C=O) groups excluding carboxylic acids is 1. The van der Waals surface area contributed by atoms with Gasteiger partial charge in [-0.05, 0) is 49.9 Å². The average Bonchev–Trinajstić information content (AvgIpc) is 2.64. The van der Waals surface area contributed by atoms with Crippen LogP contribution in [0.25, 0.3) is 10.9 Å². The second-order valence-electron chi connectivity index (χ2n) is 6.77. The van der Waals surface area contributed by atoms with Crippen LogP contribution < -0.4 is 0 Å². The van der Waals surface area contributed by atoms with Crippen molar-refractivity contribution in [3.63, 3.8) is 0 Å². The summed E-state index contributed by atoms with van der Waals surface area (Å²) in [5.41, 5.74) is 1.14. The number of carbonyl (C=O) groups is 1. The maximum Gasteiger partial charge on any atom is 0.253 e. The summed E-state index contributed by atoms with van der Waals surface area (Å²) in [6.07, 6.45) is 4.46. The van der Waals surface area contributed by atoms with Crippen LogP contribution in [-0.4, -0.2) is 52.3 Å². The lowest BCUT2D eigenvalue weighted by Crippen LogP contribution is -2.56. The molecule has 126 valence electrons. The molecule has 2 aliphatic rings. The summed E-state index contributed by atoms with van der Waals surface area (Å²) in [7, 11) is 0. The van der Waals surface area contributed by atoms with Crippen molar-refractivity contribution < 1.29 is 14.6 Å². The summed E-state index contributed by atoms with van der Waals surface area (Å²) in [4.78, 5) is 19.0. The minimum Gasteiger partial charge on any atom is -0.390 e. The fourth-order valence-electron chi connectivity index (χ4n) is 3.87. The molecule has 1 amide bonds. The molecule has 1 atom stereocenters. The number of amides is 1. The Bertz CT molecular complexity index is 753. The van der Waals surface area contributed by atoms with Crippen molar-refractivity contribution in [2.45, 2.75) is 37.4 Å². The van der Waals surface area contributed by atoms with Crippen LogP contribution in [0, 0.1) is 0 Å². The number of benzene rings is 1. The normalized spacial score (nSPS) is 23.5. The number of rotatable bonds is 1. The van der Waals surface area contributed by atoms with E-state index < -0.39 is 11.7 Å². The molecule has 0 bridgehead atoms. The van der Waals surface area contributed by atoms with Gasteiger partial charge in [0.05, 0.1) is 17.2 Å². The maximum atomic E-state index is 12.8. The summed E-state index contributed by atoms with van der Waals surface area (Å²) in [6.45, 7) is 1.96. The van der Waals surface area contributed by atoms with Crippen molar-refractivity contribution in [1.29, 1.82) is 0 Å². The van der Waals surface area contributed by atoms with Crippen molar-refractivity contribution in [2.75, 3.05) is 19.7 Å². The molecule has 1 aromatic carbocycles. The van der Waals surface area contributed by atoms with Gasteiger partial charge in [0.1, 0.15) is 0 Å². The van der Waals surface area contributed by atoms with Gasteiger partial charge in [0.15, 0.2) is 0 Å². The Morgan fingerprint density at radius 1 is 1.29 bits per heavy atom. The third-order valence-corrected chi connectivity index (χ3v) is 5.37. The number of hydrogen-bond donors (Lipinski definition) is 1. The SMILES string of the molecule is O=C(c1ccc2ncccc2c1)N1CCC2(CC1)OCCC[C@@H]2O. The Morgan fingerprint density at radius 3 is 2.92 bits per heavy atom. The molecule has 1 aromatic heterocycles. The highest BCUT2D eigenvalue weighted by Gasteiger charge is 2.44. The number of aromatic nitrogens is 1. The van der Waals surface area contributed by atoms with E-state index in [1.807, 2.05) is 35.2 Å². The minimum atomic E-state index is -0.442. The van der Waals surface area contributed by atoms with E-state index in [0.717, 1.165) is 23.7 Å². The number of likely N-dealkylation sites (tertiary alicyclic amines) is 1. The third-order valence-electron chi connectivity index (χ3n) is 5.37. The Kier molecular flexibility index (Phi) is 3.98. The second kappa shape index (κ2) is 6.15. The van der Waals surface area contributed by atoms with Crippen LogP contribution in [0.1, 0.15) is 36.0 Å². The number of hydrogen-bond acceptors (Lipinski definition) is 4. The predicted molar refractivity (Wildman–Crippen MR) is 90.8 cm³/mol. The Labute approximate surface area is 141 Å². The zero-order chi connectivity index (χ0) is 16.6. The Morgan fingerprint density at radius 2 is 2.12 bits per heavy atom. The average molecular weight is 326 g/mol. The van der Waals surface area contributed by atoms with Crippen LogP contribution in [0.2, 0.25) is 0 Å². The number of nitrogens with zero attached hydrogens (tertiary/aromatic N) is 2. The first-order valence-electron chi connectivity index (χ1n) is 8.64. The molecular formula is C19H22N2O3. The van der Waals surface area contributed by atoms with E-state index in [0.29, 0.717) is 38.1 Å². The van der Waals surface area contributed by atoms with Gasteiger partial charge in [-0.1, -0.05) is 6.07 Å². The van der Waals surface area contributed by atoms with Crippen molar-refractivity contribution in [3.8, 4) is 0 Å². The van der Waals surface area contributed by atoms with Crippen LogP contribution in [0.3, 0.4) is 0 Å². The van der Waals surface area contributed by atoms with Crippen LogP contribution in [0.15, 0.2) is 36.5 Å². The van der Waals surface area contributed by atoms with E-state index in [-0.39, 0.29) is 5.91 Å². The zero-order valence-corrected chi connectivity index (χ0v) is 13.6. The molecule has 5 heteroatoms. The highest BCUT2D eigenvalue weighted by molar-refractivity contribution is 5.98. The van der Waals surface area contributed by atoms with Crippen molar-refractivity contribution >= 4 is 16.8 Å². The summed E-state index contributed by atoms with van der Waals surface area (Å²) in [5, 5.41) is 11.3. The fraction of sp³-hybridized carbons (Fsp3) is 0.474. The third kappa shape index (κ3) is 2.68. The number of aliphatic hydroxyl groups excluding tert-OH is 1. The molecule has 2 aliphatic heterocycles. The van der Waals surface area contributed by atoms with Gasteiger partial charge in [-0.2, -0.15) is 0 Å². The van der Waals surface area contributed by atoms with E-state index in [1.54, 1.807) is 6.20 Å². The van der Waals surface area contributed by atoms with Gasteiger partial charge in [-0.25, -0.2) is 0 Å². The molecule has 5 nitrogen and oxygen atoms in total. The molecule has 1 spiro atoms. The quantitative estimate of drug-likeness (QED) is 0.874. The second-order valence-corrected chi connectivity index (χ2v) is 6.77. The van der Waals surface area contributed by atoms with Gasteiger partial charge in [0.2, 0.25) is 0 Å². The van der Waals surface area contributed by atoms with E-state index in [1.165, 1.54) is 0 Å². The van der Waals surface area contributed by atoms with E-state index in [2.05, 4.69) is 4.98 Å². The topological polar surface area (TPSA) is 62.7 Å². The molecule has 2 fully saturated rings. The van der Waals surface area contributed by atoms with Gasteiger partial charge < -0.3 is 14.7 Å². The van der Waals surface area contributed by atoms with Crippen molar-refractivity contribution in [2.24, 2.45) is 0 Å². The molecule has 0 radical (unpaired) electrons. The molecule has 1 N–H and O–H groups in total. The predicted octanol–water partition coefficient (Wildman–Crippen LogP) is 2.38. The number of fused-ring (bicyclic) bond motifs is 1. The largest absolute Gasteiger partial charge is 0.390 e. The number of ether oxygens (including phenoxy) is 1. The lowest BCUT2D eigenvalue weighted by Gasteiger charge is -2.46. The molecule has 2 saturated heterocycles. The molecule has 4 rings (SSSR count). The van der Waals surface area contributed by atoms with E-state index >= 15 is 0 Å². The van der Waals surface area contributed by atoms with E-state index in [4.69, 9.17) is 4.74 Å². The van der Waals surface area contributed by atoms with Gasteiger partial charge in [0, 0.05) is 36.8 Å². The fourth-order valence-corrected chi connectivity index (χ4v) is 3.87. The highest BCUT2D eigenvalue weighted by atomic mass is 16.5. The first kappa shape index (κ1) is 15.5. The minimum absolute atomic E-state index is 0.0425. The van der Waals surface area contributed by atoms with Crippen LogP contribution in [0.4, 0.5) is 0 Å². The molecular weight excluding hydrogens is 304 g/mol. The smallest absolute Gasteiger partial charge is 0.253 e. The van der Waals surface area contributed by atoms with E-state index in [9.17, 15) is 9.90 Å². The number of pyridine rings is 1. The number of piperidine rings is 1. The summed E-state index contributed by atoms with van der Waals surface area (Å²) < 4.78 is 5.91. The van der Waals surface area contributed by atoms with Crippen molar-refractivity contribution in [3.05, 3.63) is 42.1 Å². The molecule has 3 heterocycles. The molecule has 24 heavy (non-hydrogen) atoms. The molecule has 2 aromatic rings. The van der Waals surface area contributed by atoms with Crippen LogP contribution in [-0.2, 0) is 4.74 Å². The molecule has 0 aliphatic carbocycles. The molecule has 0 saturated carbocycles. The first-order valence-corrected chi connectivity index (χ1v) is 8.64. The Balaban J connectivity index is 1.49. The lowest BCUT2D eigenvalue weighted by molar-refractivity contribution is -0.174. The lowest BCUT2D eigenvalue weighted by atomic mass is 9.82. The summed E-state index contributed by atoms with van der Waals surface area (Å²) >= 11 is 0. The highest BCUT2D eigenvalue weighted by Crippen LogP contribution is 2.35.